The summed E-state index contributed by atoms with van der Waals surface area (Å²) in [7, 11) is 0. The number of benzene rings is 6. The lowest BCUT2D eigenvalue weighted by atomic mass is 9.43. The van der Waals surface area contributed by atoms with E-state index >= 15 is 0 Å². The van der Waals surface area contributed by atoms with E-state index in [2.05, 4.69) is 138 Å². The van der Waals surface area contributed by atoms with Crippen molar-refractivity contribution in [2.24, 2.45) is 23.7 Å². The minimum absolute atomic E-state index is 0.189. The summed E-state index contributed by atoms with van der Waals surface area (Å²) in [6.45, 7) is 0. The van der Waals surface area contributed by atoms with Crippen LogP contribution >= 0.6 is 0 Å². The van der Waals surface area contributed by atoms with Crippen molar-refractivity contribution in [2.45, 2.75) is 37.5 Å². The van der Waals surface area contributed by atoms with E-state index in [1.807, 2.05) is 6.07 Å². The number of hydrogen-bond donors (Lipinski definition) is 0. The van der Waals surface area contributed by atoms with Crippen molar-refractivity contribution in [1.29, 1.82) is 0 Å². The number of fused-ring (bicyclic) bond motifs is 6. The standard InChI is InChI=1S/C46H37NO/c1-2-9-34(10-3-1)47(35-19-17-31(18-20-35)37-13-8-14-40-39-12-5-7-16-44(39)48-45(37)40)36-21-22-43-41(28-36)38-11-4-6-15-42(38)46(43)32-24-29-23-30(26-32)27-33(46)25-29/h1-22,28-30,32-33H,23-27H2. The van der Waals surface area contributed by atoms with E-state index in [0.29, 0.717) is 0 Å². The van der Waals surface area contributed by atoms with Crippen molar-refractivity contribution in [1.82, 2.24) is 0 Å². The lowest BCUT2D eigenvalue weighted by Gasteiger charge is -2.61. The second kappa shape index (κ2) is 9.97. The first-order valence-corrected chi connectivity index (χ1v) is 17.9. The highest BCUT2D eigenvalue weighted by Crippen LogP contribution is 2.69. The molecule has 4 bridgehead atoms. The maximum absolute atomic E-state index is 6.40. The first-order chi connectivity index (χ1) is 23.8. The molecule has 1 heterocycles. The van der Waals surface area contributed by atoms with Crippen LogP contribution in [-0.2, 0) is 5.41 Å². The predicted molar refractivity (Wildman–Crippen MR) is 197 cm³/mol. The molecule has 0 radical (unpaired) electrons. The fourth-order valence-corrected chi connectivity index (χ4v) is 11.1. The molecule has 6 aromatic carbocycles. The summed E-state index contributed by atoms with van der Waals surface area (Å²) in [4.78, 5) is 2.43. The Balaban J connectivity index is 1.04. The molecule has 0 aliphatic heterocycles. The Morgan fingerprint density at radius 2 is 1.10 bits per heavy atom. The monoisotopic (exact) mass is 619 g/mol. The van der Waals surface area contributed by atoms with Crippen LogP contribution in [0.4, 0.5) is 17.1 Å². The van der Waals surface area contributed by atoms with Gasteiger partial charge in [-0.05, 0) is 126 Å². The molecule has 4 saturated carbocycles. The van der Waals surface area contributed by atoms with Crippen LogP contribution in [0.5, 0.6) is 0 Å². The van der Waals surface area contributed by atoms with Crippen LogP contribution in [0.15, 0.2) is 144 Å². The Morgan fingerprint density at radius 1 is 0.479 bits per heavy atom. The van der Waals surface area contributed by atoms with Gasteiger partial charge in [-0.3, -0.25) is 0 Å². The maximum Gasteiger partial charge on any atom is 0.143 e. The molecule has 0 saturated heterocycles. The van der Waals surface area contributed by atoms with Gasteiger partial charge in [0.05, 0.1) is 0 Å². The summed E-state index contributed by atoms with van der Waals surface area (Å²) >= 11 is 0. The van der Waals surface area contributed by atoms with Gasteiger partial charge in [0, 0.05) is 38.8 Å². The average Bonchev–Trinajstić information content (AvgIpc) is 3.65. The predicted octanol–water partition coefficient (Wildman–Crippen LogP) is 12.4. The van der Waals surface area contributed by atoms with Crippen LogP contribution in [0.1, 0.15) is 43.2 Å². The van der Waals surface area contributed by atoms with Crippen LogP contribution in [0.2, 0.25) is 0 Å². The van der Waals surface area contributed by atoms with Gasteiger partial charge < -0.3 is 9.32 Å². The van der Waals surface area contributed by atoms with Crippen LogP contribution in [0.3, 0.4) is 0 Å². The molecule has 1 spiro atoms. The van der Waals surface area contributed by atoms with Crippen molar-refractivity contribution in [3.63, 3.8) is 0 Å². The van der Waals surface area contributed by atoms with Crippen molar-refractivity contribution in [3.05, 3.63) is 151 Å². The van der Waals surface area contributed by atoms with Gasteiger partial charge >= 0.3 is 0 Å². The van der Waals surface area contributed by atoms with Crippen LogP contribution in [0.25, 0.3) is 44.2 Å². The average molecular weight is 620 g/mol. The number of hydrogen-bond acceptors (Lipinski definition) is 2. The lowest BCUT2D eigenvalue weighted by Crippen LogP contribution is -2.55. The maximum atomic E-state index is 6.40. The molecule has 4 fully saturated rings. The lowest BCUT2D eigenvalue weighted by molar-refractivity contribution is -0.0399. The van der Waals surface area contributed by atoms with Crippen molar-refractivity contribution in [3.8, 4) is 22.3 Å². The molecule has 7 aromatic rings. The van der Waals surface area contributed by atoms with Gasteiger partial charge in [-0.2, -0.15) is 0 Å². The molecule has 0 N–H and O–H groups in total. The second-order valence-corrected chi connectivity index (χ2v) is 14.9. The summed E-state index contributed by atoms with van der Waals surface area (Å²) in [5.74, 6) is 3.44. The van der Waals surface area contributed by atoms with Crippen LogP contribution < -0.4 is 4.90 Å². The number of furan rings is 1. The van der Waals surface area contributed by atoms with Gasteiger partial charge in [-0.25, -0.2) is 0 Å². The molecule has 5 aliphatic rings. The highest BCUT2D eigenvalue weighted by atomic mass is 16.3. The van der Waals surface area contributed by atoms with E-state index in [9.17, 15) is 0 Å². The van der Waals surface area contributed by atoms with Gasteiger partial charge in [-0.1, -0.05) is 97.1 Å². The summed E-state index contributed by atoms with van der Waals surface area (Å²) in [5, 5.41) is 2.32. The summed E-state index contributed by atoms with van der Waals surface area (Å²) in [6.07, 6.45) is 7.12. The van der Waals surface area contributed by atoms with Gasteiger partial charge in [0.25, 0.3) is 0 Å². The molecular formula is C46H37NO. The Bertz CT molecular complexity index is 2340. The molecule has 1 aromatic heterocycles. The molecule has 232 valence electrons. The SMILES string of the molecule is c1ccc(N(c2ccc(-c3cccc4c3oc3ccccc34)cc2)c2ccc3c(c2)-c2ccccc2C32C3CC4CC(C3)CC2C4)cc1. The third-order valence-corrected chi connectivity index (χ3v) is 12.7. The first-order valence-electron chi connectivity index (χ1n) is 17.9. The summed E-state index contributed by atoms with van der Waals surface area (Å²) < 4.78 is 6.40. The van der Waals surface area contributed by atoms with E-state index < -0.39 is 0 Å². The molecule has 12 rings (SSSR count). The Morgan fingerprint density at radius 3 is 1.92 bits per heavy atom. The van der Waals surface area contributed by atoms with Crippen LogP contribution in [-0.4, -0.2) is 0 Å². The zero-order valence-electron chi connectivity index (χ0n) is 27.0. The first kappa shape index (κ1) is 26.9. The fraction of sp³-hybridized carbons (Fsp3) is 0.217. The largest absolute Gasteiger partial charge is 0.455 e. The fourth-order valence-electron chi connectivity index (χ4n) is 11.1. The van der Waals surface area contributed by atoms with E-state index in [0.717, 1.165) is 62.4 Å². The van der Waals surface area contributed by atoms with E-state index in [1.54, 1.807) is 11.1 Å². The number of nitrogens with zero attached hydrogens (tertiary/aromatic N) is 1. The van der Waals surface area contributed by atoms with E-state index in [-0.39, 0.29) is 5.41 Å². The molecule has 0 amide bonds. The number of anilines is 3. The Labute approximate surface area is 281 Å². The number of para-hydroxylation sites is 3. The minimum Gasteiger partial charge on any atom is -0.455 e. The van der Waals surface area contributed by atoms with Crippen molar-refractivity contribution >= 4 is 39.0 Å². The van der Waals surface area contributed by atoms with E-state index in [1.165, 1.54) is 54.6 Å². The quantitative estimate of drug-likeness (QED) is 0.195. The van der Waals surface area contributed by atoms with Gasteiger partial charge in [0.1, 0.15) is 11.2 Å². The zero-order valence-corrected chi connectivity index (χ0v) is 27.0. The molecule has 0 atom stereocenters. The van der Waals surface area contributed by atoms with Gasteiger partial charge in [0.2, 0.25) is 0 Å². The second-order valence-electron chi connectivity index (χ2n) is 14.9. The molecule has 2 heteroatoms. The van der Waals surface area contributed by atoms with Gasteiger partial charge in [0.15, 0.2) is 0 Å². The van der Waals surface area contributed by atoms with E-state index in [4.69, 9.17) is 4.42 Å². The highest BCUT2D eigenvalue weighted by molar-refractivity contribution is 6.09. The highest BCUT2D eigenvalue weighted by Gasteiger charge is 2.61. The molecule has 5 aliphatic carbocycles. The third-order valence-electron chi connectivity index (χ3n) is 12.7. The Hall–Kier alpha value is -5.08. The number of rotatable bonds is 4. The smallest absolute Gasteiger partial charge is 0.143 e. The normalized spacial score (nSPS) is 24.8. The van der Waals surface area contributed by atoms with Gasteiger partial charge in [-0.15, -0.1) is 0 Å². The summed E-state index contributed by atoms with van der Waals surface area (Å²) in [5.41, 5.74) is 14.0. The molecule has 2 nitrogen and oxygen atoms in total. The Kier molecular flexibility index (Phi) is 5.59. The third kappa shape index (κ3) is 3.64. The minimum atomic E-state index is 0.189. The zero-order chi connectivity index (χ0) is 31.4. The summed E-state index contributed by atoms with van der Waals surface area (Å²) in [6, 6.07) is 51.5. The topological polar surface area (TPSA) is 16.4 Å². The van der Waals surface area contributed by atoms with Crippen molar-refractivity contribution < 1.29 is 4.42 Å². The van der Waals surface area contributed by atoms with Crippen LogP contribution in [0, 0.1) is 23.7 Å². The molecule has 48 heavy (non-hydrogen) atoms. The van der Waals surface area contributed by atoms with Crippen molar-refractivity contribution in [2.75, 3.05) is 4.90 Å². The molecular weight excluding hydrogens is 583 g/mol. The molecule has 0 unspecified atom stereocenters.